The van der Waals surface area contributed by atoms with E-state index in [9.17, 15) is 19.8 Å². The molecule has 0 aliphatic heterocycles. The second-order valence-corrected chi connectivity index (χ2v) is 11.3. The maximum Gasteiger partial charge on any atom is 0.335 e. The minimum absolute atomic E-state index is 0.247. The van der Waals surface area contributed by atoms with Gasteiger partial charge in [-0.05, 0) is 100 Å². The van der Waals surface area contributed by atoms with Crippen LogP contribution in [-0.4, -0.2) is 22.2 Å². The van der Waals surface area contributed by atoms with Gasteiger partial charge in [-0.3, -0.25) is 0 Å². The number of aryl methyl sites for hydroxylation is 1. The number of carboxylic acid groups (broad SMARTS) is 2. The van der Waals surface area contributed by atoms with Crippen molar-refractivity contribution in [2.45, 2.75) is 19.3 Å². The van der Waals surface area contributed by atoms with Crippen LogP contribution in [0.4, 0.5) is 0 Å². The molecule has 0 bridgehead atoms. The van der Waals surface area contributed by atoms with Gasteiger partial charge in [0.15, 0.2) is 0 Å². The molecule has 6 rings (SSSR count). The maximum absolute atomic E-state index is 11.5. The number of benzene rings is 4. The van der Waals surface area contributed by atoms with E-state index in [1.54, 1.807) is 24.3 Å². The van der Waals surface area contributed by atoms with E-state index in [1.165, 1.54) is 38.3 Å². The summed E-state index contributed by atoms with van der Waals surface area (Å²) < 4.78 is 0. The molecule has 0 spiro atoms. The summed E-state index contributed by atoms with van der Waals surface area (Å²) in [5, 5.41) is 24.6. The first kappa shape index (κ1) is 22.5. The van der Waals surface area contributed by atoms with Gasteiger partial charge in [0.2, 0.25) is 0 Å². The van der Waals surface area contributed by atoms with Crippen LogP contribution in [0, 0.1) is 0 Å². The number of carbonyl (C=O) groups is 2. The summed E-state index contributed by atoms with van der Waals surface area (Å²) in [6, 6.07) is 23.1. The molecule has 0 heterocycles. The topological polar surface area (TPSA) is 74.6 Å². The maximum atomic E-state index is 11.5. The van der Waals surface area contributed by atoms with Gasteiger partial charge in [0.05, 0.1) is 11.1 Å². The summed E-state index contributed by atoms with van der Waals surface area (Å²) in [6.07, 6.45) is 9.78. The van der Waals surface area contributed by atoms with Crippen molar-refractivity contribution < 1.29 is 19.8 Å². The lowest BCUT2D eigenvalue weighted by atomic mass is 9.87. The summed E-state index contributed by atoms with van der Waals surface area (Å²) in [6.45, 7) is 0. The standard InChI is InChI=1S/C31H23O4P/c32-30(33)22-7-13-24(14-8-22)36(25-15-9-23(10-16-25)31(34)35)27-18-12-21-6-2-4-19-3-1-5-20-11-17-26(27)29(21)28(19)20/h1,4-5,7-18H,2-3,6H2,(H,32,33)(H,34,35). The van der Waals surface area contributed by atoms with Crippen molar-refractivity contribution in [3.8, 4) is 0 Å². The SMILES string of the molecule is O=C(O)c1ccc(P(c2ccc(C(=O)O)cc2)c2ccc3c4c5c(ccc24)C=CCC5=CCC3)cc1. The molecule has 2 N–H and O–H groups in total. The van der Waals surface area contributed by atoms with Gasteiger partial charge < -0.3 is 10.2 Å². The van der Waals surface area contributed by atoms with E-state index in [0.29, 0.717) is 0 Å². The van der Waals surface area contributed by atoms with Crippen molar-refractivity contribution >= 4 is 58.2 Å². The molecule has 0 fully saturated rings. The zero-order valence-electron chi connectivity index (χ0n) is 19.4. The molecule has 0 radical (unpaired) electrons. The third-order valence-electron chi connectivity index (χ3n) is 7.02. The number of allylic oxidation sites excluding steroid dienone is 3. The fourth-order valence-electron chi connectivity index (χ4n) is 5.34. The van der Waals surface area contributed by atoms with Crippen LogP contribution < -0.4 is 15.9 Å². The van der Waals surface area contributed by atoms with Crippen LogP contribution in [0.5, 0.6) is 0 Å². The Kier molecular flexibility index (Phi) is 5.55. The molecule has 4 aromatic carbocycles. The van der Waals surface area contributed by atoms with Crippen molar-refractivity contribution in [2.75, 3.05) is 0 Å². The lowest BCUT2D eigenvalue weighted by Gasteiger charge is -2.24. The number of aromatic carboxylic acids is 2. The Labute approximate surface area is 210 Å². The molecule has 2 aliphatic carbocycles. The Bertz CT molecular complexity index is 1540. The predicted octanol–water partition coefficient (Wildman–Crippen LogP) is 5.74. The molecule has 36 heavy (non-hydrogen) atoms. The summed E-state index contributed by atoms with van der Waals surface area (Å²) in [7, 11) is -1.06. The monoisotopic (exact) mass is 490 g/mol. The average molecular weight is 490 g/mol. The van der Waals surface area contributed by atoms with Crippen LogP contribution in [0.15, 0.2) is 84.9 Å². The second-order valence-electron chi connectivity index (χ2n) is 9.11. The first-order valence-electron chi connectivity index (χ1n) is 11.9. The van der Waals surface area contributed by atoms with E-state index < -0.39 is 19.9 Å². The van der Waals surface area contributed by atoms with Crippen molar-refractivity contribution in [3.63, 3.8) is 0 Å². The van der Waals surface area contributed by atoms with Crippen LogP contribution in [0.2, 0.25) is 0 Å². The Hall–Kier alpha value is -4.01. The fourth-order valence-corrected chi connectivity index (χ4v) is 7.74. The predicted molar refractivity (Wildman–Crippen MR) is 147 cm³/mol. The smallest absolute Gasteiger partial charge is 0.335 e. The van der Waals surface area contributed by atoms with Gasteiger partial charge in [-0.1, -0.05) is 66.8 Å². The summed E-state index contributed by atoms with van der Waals surface area (Å²) >= 11 is 0. The zero-order chi connectivity index (χ0) is 24.8. The molecule has 0 aromatic heterocycles. The molecule has 0 amide bonds. The molecule has 0 atom stereocenters. The molecule has 4 aromatic rings. The molecule has 176 valence electrons. The van der Waals surface area contributed by atoms with Crippen LogP contribution in [0.25, 0.3) is 22.4 Å². The highest BCUT2D eigenvalue weighted by atomic mass is 31.1. The van der Waals surface area contributed by atoms with Crippen molar-refractivity contribution in [1.29, 1.82) is 0 Å². The molecule has 4 nitrogen and oxygen atoms in total. The largest absolute Gasteiger partial charge is 0.478 e. The number of rotatable bonds is 5. The average Bonchev–Trinajstić information content (AvgIpc) is 3.09. The molecule has 0 saturated carbocycles. The minimum atomic E-state index is -1.06. The first-order chi connectivity index (χ1) is 17.5. The van der Waals surface area contributed by atoms with E-state index in [1.807, 2.05) is 24.3 Å². The van der Waals surface area contributed by atoms with Gasteiger partial charge in [-0.2, -0.15) is 0 Å². The van der Waals surface area contributed by atoms with Gasteiger partial charge >= 0.3 is 11.9 Å². The van der Waals surface area contributed by atoms with Gasteiger partial charge in [0.1, 0.15) is 0 Å². The highest BCUT2D eigenvalue weighted by Crippen LogP contribution is 2.43. The number of carboxylic acids is 2. The summed E-state index contributed by atoms with van der Waals surface area (Å²) in [5.74, 6) is -1.91. The van der Waals surface area contributed by atoms with Gasteiger partial charge in [0.25, 0.3) is 0 Å². The van der Waals surface area contributed by atoms with E-state index in [-0.39, 0.29) is 11.1 Å². The Morgan fingerprint density at radius 1 is 0.750 bits per heavy atom. The first-order valence-corrected chi connectivity index (χ1v) is 13.3. The number of hydrogen-bond donors (Lipinski definition) is 2. The third kappa shape index (κ3) is 3.75. The minimum Gasteiger partial charge on any atom is -0.478 e. The Balaban J connectivity index is 1.61. The highest BCUT2D eigenvalue weighted by Gasteiger charge is 2.25. The summed E-state index contributed by atoms with van der Waals surface area (Å²) in [5.41, 5.74) is 5.82. The van der Waals surface area contributed by atoms with Crippen LogP contribution in [-0.2, 0) is 6.42 Å². The van der Waals surface area contributed by atoms with E-state index in [0.717, 1.165) is 29.9 Å². The van der Waals surface area contributed by atoms with E-state index >= 15 is 0 Å². The molecular formula is C31H23O4P. The molecule has 0 saturated heterocycles. The fraction of sp³-hybridized carbons (Fsp3) is 0.0968. The van der Waals surface area contributed by atoms with Gasteiger partial charge in [-0.25, -0.2) is 9.59 Å². The van der Waals surface area contributed by atoms with Crippen LogP contribution >= 0.6 is 7.92 Å². The quantitative estimate of drug-likeness (QED) is 0.350. The summed E-state index contributed by atoms with van der Waals surface area (Å²) in [4.78, 5) is 23.0. The zero-order valence-corrected chi connectivity index (χ0v) is 20.3. The van der Waals surface area contributed by atoms with Crippen molar-refractivity contribution in [1.82, 2.24) is 0 Å². The molecular weight excluding hydrogens is 467 g/mol. The Morgan fingerprint density at radius 3 is 2.00 bits per heavy atom. The van der Waals surface area contributed by atoms with Gasteiger partial charge in [0, 0.05) is 0 Å². The van der Waals surface area contributed by atoms with Gasteiger partial charge in [-0.15, -0.1) is 0 Å². The van der Waals surface area contributed by atoms with Crippen molar-refractivity contribution in [3.05, 3.63) is 113 Å². The van der Waals surface area contributed by atoms with E-state index in [2.05, 4.69) is 42.5 Å². The molecule has 2 aliphatic rings. The number of hydrogen-bond acceptors (Lipinski definition) is 2. The van der Waals surface area contributed by atoms with Crippen LogP contribution in [0.1, 0.15) is 50.2 Å². The molecule has 0 unspecified atom stereocenters. The van der Waals surface area contributed by atoms with Crippen molar-refractivity contribution in [2.24, 2.45) is 0 Å². The lowest BCUT2D eigenvalue weighted by molar-refractivity contribution is 0.0686. The normalized spacial score (nSPS) is 14.0. The lowest BCUT2D eigenvalue weighted by Crippen LogP contribution is -2.22. The van der Waals surface area contributed by atoms with Crippen LogP contribution in [0.3, 0.4) is 0 Å². The third-order valence-corrected chi connectivity index (χ3v) is 9.52. The Morgan fingerprint density at radius 2 is 1.39 bits per heavy atom. The molecule has 5 heteroatoms. The second kappa shape index (κ2) is 8.89. The highest BCUT2D eigenvalue weighted by molar-refractivity contribution is 7.80. The van der Waals surface area contributed by atoms with E-state index in [4.69, 9.17) is 0 Å².